The summed E-state index contributed by atoms with van der Waals surface area (Å²) in [5.74, 6) is -0.929. The first-order chi connectivity index (χ1) is 8.66. The molecule has 5 heteroatoms. The predicted molar refractivity (Wildman–Crippen MR) is 73.9 cm³/mol. The van der Waals surface area contributed by atoms with Gasteiger partial charge >= 0.3 is 5.97 Å². The first-order valence-corrected chi connectivity index (χ1v) is 6.96. The molecule has 0 saturated heterocycles. The molecule has 0 fully saturated rings. The molecule has 1 N–H and O–H groups in total. The van der Waals surface area contributed by atoms with Crippen LogP contribution in [-0.4, -0.2) is 11.1 Å². The molecule has 1 aromatic heterocycles. The summed E-state index contributed by atoms with van der Waals surface area (Å²) in [6.45, 7) is 1.03. The lowest BCUT2D eigenvalue weighted by molar-refractivity contribution is 0.0696. The van der Waals surface area contributed by atoms with Crippen molar-refractivity contribution >= 4 is 33.2 Å². The zero-order chi connectivity index (χ0) is 13.0. The Morgan fingerprint density at radius 2 is 2.17 bits per heavy atom. The zero-order valence-electron chi connectivity index (χ0n) is 9.43. The van der Waals surface area contributed by atoms with Gasteiger partial charge in [0.15, 0.2) is 0 Å². The molecule has 0 saturated carbocycles. The molecule has 2 aromatic rings. The van der Waals surface area contributed by atoms with E-state index in [0.29, 0.717) is 13.2 Å². The monoisotopic (exact) mass is 326 g/mol. The van der Waals surface area contributed by atoms with E-state index in [2.05, 4.69) is 15.9 Å². The van der Waals surface area contributed by atoms with Crippen molar-refractivity contribution < 1.29 is 14.6 Å². The molecule has 0 atom stereocenters. The van der Waals surface area contributed by atoms with Gasteiger partial charge in [-0.25, -0.2) is 4.79 Å². The lowest BCUT2D eigenvalue weighted by atomic mass is 10.1. The molecule has 0 aliphatic heterocycles. The normalized spacial score (nSPS) is 10.5. The number of rotatable bonds is 5. The SMILES string of the molecule is O=C(O)c1ccc(COCc2cccs2)c(Br)c1. The van der Waals surface area contributed by atoms with E-state index < -0.39 is 5.97 Å². The fourth-order valence-electron chi connectivity index (χ4n) is 1.45. The standard InChI is InChI=1S/C13H11BrO3S/c14-12-6-9(13(15)16)3-4-10(12)7-17-8-11-2-1-5-18-11/h1-6H,7-8H2,(H,15,16). The number of carboxylic acid groups (broad SMARTS) is 1. The van der Waals surface area contributed by atoms with Gasteiger partial charge in [0, 0.05) is 9.35 Å². The molecular formula is C13H11BrO3S. The van der Waals surface area contributed by atoms with Gasteiger partial charge in [0.2, 0.25) is 0 Å². The summed E-state index contributed by atoms with van der Waals surface area (Å²) >= 11 is 5.01. The lowest BCUT2D eigenvalue weighted by Gasteiger charge is -2.06. The average molecular weight is 327 g/mol. The van der Waals surface area contributed by atoms with E-state index in [9.17, 15) is 4.79 Å². The number of thiophene rings is 1. The Balaban J connectivity index is 1.95. The number of carbonyl (C=O) groups is 1. The van der Waals surface area contributed by atoms with E-state index in [0.717, 1.165) is 10.0 Å². The maximum absolute atomic E-state index is 10.8. The number of ether oxygens (including phenoxy) is 1. The van der Waals surface area contributed by atoms with Gasteiger partial charge in [-0.15, -0.1) is 11.3 Å². The second kappa shape index (κ2) is 6.13. The van der Waals surface area contributed by atoms with Crippen molar-refractivity contribution in [3.05, 3.63) is 56.2 Å². The van der Waals surface area contributed by atoms with Crippen LogP contribution >= 0.6 is 27.3 Å². The van der Waals surface area contributed by atoms with Crippen LogP contribution in [-0.2, 0) is 18.0 Å². The molecular weight excluding hydrogens is 316 g/mol. The molecule has 0 aliphatic rings. The topological polar surface area (TPSA) is 46.5 Å². The summed E-state index contributed by atoms with van der Waals surface area (Å²) in [5, 5.41) is 10.9. The number of halogens is 1. The van der Waals surface area contributed by atoms with Gasteiger partial charge in [0.25, 0.3) is 0 Å². The van der Waals surface area contributed by atoms with Crippen molar-refractivity contribution in [1.82, 2.24) is 0 Å². The number of aromatic carboxylic acids is 1. The van der Waals surface area contributed by atoms with Crippen LogP contribution in [0.3, 0.4) is 0 Å². The van der Waals surface area contributed by atoms with Crippen molar-refractivity contribution in [1.29, 1.82) is 0 Å². The van der Waals surface area contributed by atoms with Gasteiger partial charge in [0.1, 0.15) is 0 Å². The van der Waals surface area contributed by atoms with Crippen molar-refractivity contribution in [2.24, 2.45) is 0 Å². The Bertz CT molecular complexity index is 537. The summed E-state index contributed by atoms with van der Waals surface area (Å²) < 4.78 is 6.34. The molecule has 1 heterocycles. The van der Waals surface area contributed by atoms with Crippen molar-refractivity contribution in [3.63, 3.8) is 0 Å². The van der Waals surface area contributed by atoms with Crippen LogP contribution < -0.4 is 0 Å². The smallest absolute Gasteiger partial charge is 0.335 e. The molecule has 94 valence electrons. The largest absolute Gasteiger partial charge is 0.478 e. The highest BCUT2D eigenvalue weighted by Gasteiger charge is 2.06. The molecule has 0 radical (unpaired) electrons. The Morgan fingerprint density at radius 1 is 1.33 bits per heavy atom. The first kappa shape index (κ1) is 13.3. The van der Waals surface area contributed by atoms with E-state index in [1.165, 1.54) is 4.88 Å². The van der Waals surface area contributed by atoms with E-state index >= 15 is 0 Å². The third-order valence-electron chi connectivity index (χ3n) is 2.38. The molecule has 0 aliphatic carbocycles. The molecule has 0 unspecified atom stereocenters. The molecule has 1 aromatic carbocycles. The van der Waals surface area contributed by atoms with Crippen molar-refractivity contribution in [2.75, 3.05) is 0 Å². The van der Waals surface area contributed by atoms with Crippen LogP contribution in [0, 0.1) is 0 Å². The minimum atomic E-state index is -0.929. The van der Waals surface area contributed by atoms with Gasteiger partial charge in [-0.3, -0.25) is 0 Å². The number of benzene rings is 1. The van der Waals surface area contributed by atoms with Crippen LogP contribution in [0.4, 0.5) is 0 Å². The maximum atomic E-state index is 10.8. The summed E-state index contributed by atoms with van der Waals surface area (Å²) in [4.78, 5) is 12.0. The molecule has 18 heavy (non-hydrogen) atoms. The Labute approximate surface area is 117 Å². The minimum absolute atomic E-state index is 0.267. The number of carboxylic acids is 1. The second-order valence-corrected chi connectivity index (χ2v) is 5.57. The highest BCUT2D eigenvalue weighted by molar-refractivity contribution is 9.10. The zero-order valence-corrected chi connectivity index (χ0v) is 11.8. The number of hydrogen-bond donors (Lipinski definition) is 1. The molecule has 0 bridgehead atoms. The van der Waals surface area contributed by atoms with E-state index in [1.807, 2.05) is 17.5 Å². The molecule has 0 amide bonds. The highest BCUT2D eigenvalue weighted by Crippen LogP contribution is 2.20. The van der Waals surface area contributed by atoms with Gasteiger partial charge in [-0.1, -0.05) is 28.1 Å². The van der Waals surface area contributed by atoms with Gasteiger partial charge < -0.3 is 9.84 Å². The van der Waals surface area contributed by atoms with Gasteiger partial charge in [-0.05, 0) is 29.1 Å². The fourth-order valence-corrected chi connectivity index (χ4v) is 2.59. The highest BCUT2D eigenvalue weighted by atomic mass is 79.9. The quantitative estimate of drug-likeness (QED) is 0.905. The van der Waals surface area contributed by atoms with Crippen LogP contribution in [0.15, 0.2) is 40.2 Å². The lowest BCUT2D eigenvalue weighted by Crippen LogP contribution is -1.99. The van der Waals surface area contributed by atoms with Crippen LogP contribution in [0.25, 0.3) is 0 Å². The molecule has 0 spiro atoms. The number of hydrogen-bond acceptors (Lipinski definition) is 3. The molecule has 2 rings (SSSR count). The third-order valence-corrected chi connectivity index (χ3v) is 3.97. The average Bonchev–Trinajstić information content (AvgIpc) is 2.84. The third kappa shape index (κ3) is 3.41. The Hall–Kier alpha value is -1.17. The van der Waals surface area contributed by atoms with E-state index in [4.69, 9.17) is 9.84 Å². The Kier molecular flexibility index (Phi) is 4.52. The Morgan fingerprint density at radius 3 is 2.78 bits per heavy atom. The first-order valence-electron chi connectivity index (χ1n) is 5.28. The second-order valence-electron chi connectivity index (χ2n) is 3.68. The van der Waals surface area contributed by atoms with Crippen molar-refractivity contribution in [3.8, 4) is 0 Å². The van der Waals surface area contributed by atoms with Crippen LogP contribution in [0.2, 0.25) is 0 Å². The summed E-state index contributed by atoms with van der Waals surface area (Å²) in [6, 6.07) is 8.94. The summed E-state index contributed by atoms with van der Waals surface area (Å²) in [6.07, 6.45) is 0. The van der Waals surface area contributed by atoms with Gasteiger partial charge in [-0.2, -0.15) is 0 Å². The van der Waals surface area contributed by atoms with Crippen LogP contribution in [0.5, 0.6) is 0 Å². The summed E-state index contributed by atoms with van der Waals surface area (Å²) in [5.41, 5.74) is 1.21. The molecule has 3 nitrogen and oxygen atoms in total. The minimum Gasteiger partial charge on any atom is -0.478 e. The maximum Gasteiger partial charge on any atom is 0.335 e. The predicted octanol–water partition coefficient (Wildman–Crippen LogP) is 3.93. The van der Waals surface area contributed by atoms with E-state index in [-0.39, 0.29) is 5.56 Å². The summed E-state index contributed by atoms with van der Waals surface area (Å²) in [7, 11) is 0. The van der Waals surface area contributed by atoms with E-state index in [1.54, 1.807) is 29.5 Å². The fraction of sp³-hybridized carbons (Fsp3) is 0.154. The van der Waals surface area contributed by atoms with Gasteiger partial charge in [0.05, 0.1) is 18.8 Å². The van der Waals surface area contributed by atoms with Crippen molar-refractivity contribution in [2.45, 2.75) is 13.2 Å². The van der Waals surface area contributed by atoms with Crippen LogP contribution in [0.1, 0.15) is 20.8 Å².